The number of ether oxygens (including phenoxy) is 1. The number of hydrogen-bond donors (Lipinski definition) is 0. The van der Waals surface area contributed by atoms with Gasteiger partial charge in [-0.2, -0.15) is 8.42 Å². The normalized spacial score (nSPS) is 20.1. The summed E-state index contributed by atoms with van der Waals surface area (Å²) in [6.07, 6.45) is 3.31. The zero-order chi connectivity index (χ0) is 13.6. The van der Waals surface area contributed by atoms with Gasteiger partial charge >= 0.3 is 6.09 Å². The van der Waals surface area contributed by atoms with Gasteiger partial charge in [-0.1, -0.05) is 13.3 Å². The van der Waals surface area contributed by atoms with Gasteiger partial charge in [0.1, 0.15) is 0 Å². The summed E-state index contributed by atoms with van der Waals surface area (Å²) in [5, 5.41) is 0. The first-order chi connectivity index (χ1) is 8.42. The van der Waals surface area contributed by atoms with Crippen LogP contribution in [0.25, 0.3) is 0 Å². The van der Waals surface area contributed by atoms with Crippen LogP contribution in [0.2, 0.25) is 0 Å². The van der Waals surface area contributed by atoms with Gasteiger partial charge in [0.15, 0.2) is 0 Å². The highest BCUT2D eigenvalue weighted by Crippen LogP contribution is 2.18. The number of nitrogens with zero attached hydrogens (tertiary/aromatic N) is 1. The Bertz CT molecular complexity index is 368. The third-order valence-electron chi connectivity index (χ3n) is 2.79. The molecule has 0 aromatic heterocycles. The molecule has 0 spiro atoms. The van der Waals surface area contributed by atoms with E-state index in [-0.39, 0.29) is 18.6 Å². The summed E-state index contributed by atoms with van der Waals surface area (Å²) in [4.78, 5) is 13.2. The van der Waals surface area contributed by atoms with Crippen LogP contribution >= 0.6 is 0 Å². The van der Waals surface area contributed by atoms with Crippen molar-refractivity contribution in [3.05, 3.63) is 0 Å². The SMILES string of the molecule is CCCCOC(=O)N1CCC(COS(C)(=O)=O)C1. The molecule has 0 bridgehead atoms. The van der Waals surface area contributed by atoms with Gasteiger partial charge in [0.25, 0.3) is 10.1 Å². The molecule has 6 nitrogen and oxygen atoms in total. The highest BCUT2D eigenvalue weighted by atomic mass is 32.2. The monoisotopic (exact) mass is 279 g/mol. The molecule has 7 heteroatoms. The molecule has 1 aliphatic rings. The smallest absolute Gasteiger partial charge is 0.409 e. The molecule has 1 unspecified atom stereocenters. The van der Waals surface area contributed by atoms with E-state index < -0.39 is 10.1 Å². The van der Waals surface area contributed by atoms with E-state index in [1.807, 2.05) is 6.92 Å². The van der Waals surface area contributed by atoms with Crippen molar-refractivity contribution in [3.63, 3.8) is 0 Å². The van der Waals surface area contributed by atoms with E-state index in [1.165, 1.54) is 0 Å². The lowest BCUT2D eigenvalue weighted by Crippen LogP contribution is -2.30. The predicted octanol–water partition coefficient (Wildman–Crippen LogP) is 1.22. The van der Waals surface area contributed by atoms with Crippen LogP contribution in [0.1, 0.15) is 26.2 Å². The molecule has 106 valence electrons. The number of likely N-dealkylation sites (tertiary alicyclic amines) is 1. The molecule has 1 aliphatic heterocycles. The van der Waals surface area contributed by atoms with E-state index in [1.54, 1.807) is 4.90 Å². The summed E-state index contributed by atoms with van der Waals surface area (Å²) >= 11 is 0. The molecule has 1 saturated heterocycles. The van der Waals surface area contributed by atoms with Gasteiger partial charge in [-0.3, -0.25) is 4.18 Å². The van der Waals surface area contributed by atoms with Crippen molar-refractivity contribution in [2.24, 2.45) is 5.92 Å². The van der Waals surface area contributed by atoms with Gasteiger partial charge in [0.2, 0.25) is 0 Å². The molecule has 0 saturated carbocycles. The summed E-state index contributed by atoms with van der Waals surface area (Å²) < 4.78 is 31.5. The molecular formula is C11H21NO5S. The number of carbonyl (C=O) groups excluding carboxylic acids is 1. The summed E-state index contributed by atoms with van der Waals surface area (Å²) in [6, 6.07) is 0. The maximum absolute atomic E-state index is 11.6. The maximum Gasteiger partial charge on any atom is 0.409 e. The van der Waals surface area contributed by atoms with E-state index in [0.29, 0.717) is 19.7 Å². The fourth-order valence-corrected chi connectivity index (χ4v) is 2.19. The largest absolute Gasteiger partial charge is 0.449 e. The predicted molar refractivity (Wildman–Crippen MR) is 66.7 cm³/mol. The lowest BCUT2D eigenvalue weighted by Gasteiger charge is -2.16. The lowest BCUT2D eigenvalue weighted by molar-refractivity contribution is 0.107. The molecule has 18 heavy (non-hydrogen) atoms. The zero-order valence-corrected chi connectivity index (χ0v) is 11.7. The highest BCUT2D eigenvalue weighted by molar-refractivity contribution is 7.85. The Morgan fingerprint density at radius 3 is 2.78 bits per heavy atom. The van der Waals surface area contributed by atoms with Gasteiger partial charge in [-0.25, -0.2) is 4.79 Å². The van der Waals surface area contributed by atoms with Crippen LogP contribution in [0.4, 0.5) is 4.79 Å². The van der Waals surface area contributed by atoms with Crippen LogP contribution in [0.5, 0.6) is 0 Å². The minimum absolute atomic E-state index is 0.0680. The zero-order valence-electron chi connectivity index (χ0n) is 10.9. The van der Waals surface area contributed by atoms with Gasteiger partial charge in [-0.05, 0) is 12.8 Å². The van der Waals surface area contributed by atoms with Crippen molar-refractivity contribution in [2.75, 3.05) is 32.6 Å². The van der Waals surface area contributed by atoms with Gasteiger partial charge in [0, 0.05) is 19.0 Å². The summed E-state index contributed by atoms with van der Waals surface area (Å²) in [5.74, 6) is 0.0680. The molecule has 1 fully saturated rings. The molecule has 1 amide bonds. The summed E-state index contributed by atoms with van der Waals surface area (Å²) in [5.41, 5.74) is 0. The van der Waals surface area contributed by atoms with Crippen molar-refractivity contribution in [2.45, 2.75) is 26.2 Å². The number of carbonyl (C=O) groups is 1. The van der Waals surface area contributed by atoms with Crippen LogP contribution in [0.15, 0.2) is 0 Å². The molecule has 0 aromatic carbocycles. The number of hydrogen-bond acceptors (Lipinski definition) is 5. The van der Waals surface area contributed by atoms with Crippen molar-refractivity contribution in [1.82, 2.24) is 4.90 Å². The molecule has 0 N–H and O–H groups in total. The Balaban J connectivity index is 2.26. The van der Waals surface area contributed by atoms with Crippen LogP contribution < -0.4 is 0 Å². The van der Waals surface area contributed by atoms with Crippen LogP contribution in [-0.4, -0.2) is 52.0 Å². The number of amides is 1. The fourth-order valence-electron chi connectivity index (χ4n) is 1.75. The van der Waals surface area contributed by atoms with Crippen LogP contribution in [-0.2, 0) is 19.0 Å². The van der Waals surface area contributed by atoms with Crippen molar-refractivity contribution in [1.29, 1.82) is 0 Å². The molecule has 0 aromatic rings. The van der Waals surface area contributed by atoms with E-state index >= 15 is 0 Å². The van der Waals surface area contributed by atoms with E-state index in [9.17, 15) is 13.2 Å². The van der Waals surface area contributed by atoms with Crippen molar-refractivity contribution >= 4 is 16.2 Å². The maximum atomic E-state index is 11.6. The number of rotatable bonds is 6. The third kappa shape index (κ3) is 5.68. The second-order valence-electron chi connectivity index (χ2n) is 4.56. The lowest BCUT2D eigenvalue weighted by atomic mass is 10.1. The Labute approximate surface area is 108 Å². The second kappa shape index (κ2) is 6.94. The Morgan fingerprint density at radius 2 is 2.17 bits per heavy atom. The van der Waals surface area contributed by atoms with Gasteiger partial charge < -0.3 is 9.64 Å². The Kier molecular flexibility index (Phi) is 5.87. The minimum Gasteiger partial charge on any atom is -0.449 e. The third-order valence-corrected chi connectivity index (χ3v) is 3.35. The first-order valence-electron chi connectivity index (χ1n) is 6.18. The van der Waals surface area contributed by atoms with E-state index in [2.05, 4.69) is 0 Å². The second-order valence-corrected chi connectivity index (χ2v) is 6.20. The van der Waals surface area contributed by atoms with Crippen LogP contribution in [0.3, 0.4) is 0 Å². The Morgan fingerprint density at radius 1 is 1.44 bits per heavy atom. The molecule has 1 rings (SSSR count). The fraction of sp³-hybridized carbons (Fsp3) is 0.909. The number of unbranched alkanes of at least 4 members (excludes halogenated alkanes) is 1. The van der Waals surface area contributed by atoms with E-state index in [4.69, 9.17) is 8.92 Å². The Hall–Kier alpha value is -0.820. The summed E-state index contributed by atoms with van der Waals surface area (Å²) in [7, 11) is -3.40. The van der Waals surface area contributed by atoms with Crippen molar-refractivity contribution in [3.8, 4) is 0 Å². The standard InChI is InChI=1S/C11H21NO5S/c1-3-4-7-16-11(13)12-6-5-10(8-12)9-17-18(2,14)15/h10H,3-9H2,1-2H3. The molecule has 0 aliphatic carbocycles. The van der Waals surface area contributed by atoms with E-state index in [0.717, 1.165) is 25.5 Å². The van der Waals surface area contributed by atoms with Crippen LogP contribution in [0, 0.1) is 5.92 Å². The van der Waals surface area contributed by atoms with Gasteiger partial charge in [-0.15, -0.1) is 0 Å². The molecule has 1 atom stereocenters. The average molecular weight is 279 g/mol. The topological polar surface area (TPSA) is 72.9 Å². The quantitative estimate of drug-likeness (QED) is 0.540. The molecular weight excluding hydrogens is 258 g/mol. The molecule has 1 heterocycles. The van der Waals surface area contributed by atoms with Crippen molar-refractivity contribution < 1.29 is 22.1 Å². The first-order valence-corrected chi connectivity index (χ1v) is 8.00. The first kappa shape index (κ1) is 15.2. The van der Waals surface area contributed by atoms with Gasteiger partial charge in [0.05, 0.1) is 19.5 Å². The molecule has 0 radical (unpaired) electrons. The summed E-state index contributed by atoms with van der Waals surface area (Å²) in [6.45, 7) is 3.71. The minimum atomic E-state index is -3.40. The average Bonchev–Trinajstić information content (AvgIpc) is 2.74. The highest BCUT2D eigenvalue weighted by Gasteiger charge is 2.28.